The Hall–Kier alpha value is -1.48. The Labute approximate surface area is 166 Å². The summed E-state index contributed by atoms with van der Waals surface area (Å²) in [5.41, 5.74) is 0.837. The molecular weight excluding hydrogens is 436 g/mol. The van der Waals surface area contributed by atoms with Crippen LogP contribution in [-0.4, -0.2) is 31.7 Å². The largest absolute Gasteiger partial charge is 0.348 e. The summed E-state index contributed by atoms with van der Waals surface area (Å²) in [5, 5.41) is 2.79. The number of carbonyl (C=O) groups excluding carboxylic acids is 1. The number of hydrogen-bond donors (Lipinski definition) is 1. The van der Waals surface area contributed by atoms with Crippen LogP contribution in [0.2, 0.25) is 0 Å². The lowest BCUT2D eigenvalue weighted by molar-refractivity contribution is -0.116. The van der Waals surface area contributed by atoms with E-state index in [1.807, 2.05) is 26.0 Å². The third kappa shape index (κ3) is 5.51. The first-order valence-corrected chi connectivity index (χ1v) is 11.2. The van der Waals surface area contributed by atoms with Gasteiger partial charge < -0.3 is 5.32 Å². The SMILES string of the molecule is CCN(CC)S(=O)(=O)c1ccc(CNC(=O)/C=C/c2ccc(Br)s2)cc1. The molecule has 2 rings (SSSR count). The number of benzene rings is 1. The second-order valence-electron chi connectivity index (χ2n) is 5.43. The molecule has 0 fully saturated rings. The lowest BCUT2D eigenvalue weighted by Gasteiger charge is -2.18. The molecule has 1 N–H and O–H groups in total. The lowest BCUT2D eigenvalue weighted by Crippen LogP contribution is -2.30. The summed E-state index contributed by atoms with van der Waals surface area (Å²) < 4.78 is 27.3. The molecule has 0 bridgehead atoms. The van der Waals surface area contributed by atoms with E-state index in [2.05, 4.69) is 21.2 Å². The Kier molecular flexibility index (Phi) is 7.57. The molecule has 5 nitrogen and oxygen atoms in total. The van der Waals surface area contributed by atoms with Crippen LogP contribution in [0.15, 0.2) is 51.2 Å². The lowest BCUT2D eigenvalue weighted by atomic mass is 10.2. The van der Waals surface area contributed by atoms with Crippen molar-refractivity contribution >= 4 is 49.3 Å². The Morgan fingerprint density at radius 3 is 2.35 bits per heavy atom. The van der Waals surface area contributed by atoms with Gasteiger partial charge in [0.1, 0.15) is 0 Å². The maximum atomic E-state index is 12.4. The minimum Gasteiger partial charge on any atom is -0.348 e. The molecule has 1 amide bonds. The number of amides is 1. The predicted octanol–water partition coefficient (Wildman–Crippen LogP) is 3.87. The highest BCUT2D eigenvalue weighted by Crippen LogP contribution is 2.23. The standard InChI is InChI=1S/C18H21BrN2O3S2/c1-3-21(4-2)26(23,24)16-9-5-14(6-10-16)13-20-18(22)12-8-15-7-11-17(19)25-15/h5-12H,3-4,13H2,1-2H3,(H,20,22)/b12-8+. The summed E-state index contributed by atoms with van der Waals surface area (Å²) in [5.74, 6) is -0.200. The molecule has 0 saturated heterocycles. The molecule has 0 aliphatic rings. The van der Waals surface area contributed by atoms with Crippen LogP contribution in [0.25, 0.3) is 6.08 Å². The van der Waals surface area contributed by atoms with Crippen LogP contribution < -0.4 is 5.32 Å². The third-order valence-corrected chi connectivity index (χ3v) is 7.38. The van der Waals surface area contributed by atoms with Gasteiger partial charge in [0, 0.05) is 30.6 Å². The fraction of sp³-hybridized carbons (Fsp3) is 0.278. The van der Waals surface area contributed by atoms with Gasteiger partial charge in [-0.25, -0.2) is 8.42 Å². The molecule has 0 unspecified atom stereocenters. The summed E-state index contributed by atoms with van der Waals surface area (Å²) in [4.78, 5) is 13.1. The molecule has 0 aliphatic carbocycles. The number of hydrogen-bond acceptors (Lipinski definition) is 4. The number of sulfonamides is 1. The minimum absolute atomic E-state index is 0.200. The Morgan fingerprint density at radius 1 is 1.15 bits per heavy atom. The molecule has 140 valence electrons. The first kappa shape index (κ1) is 20.8. The predicted molar refractivity (Wildman–Crippen MR) is 109 cm³/mol. The number of carbonyl (C=O) groups is 1. The maximum Gasteiger partial charge on any atom is 0.244 e. The van der Waals surface area contributed by atoms with E-state index >= 15 is 0 Å². The van der Waals surface area contributed by atoms with Gasteiger partial charge in [-0.3, -0.25) is 4.79 Å². The summed E-state index contributed by atoms with van der Waals surface area (Å²) in [6.07, 6.45) is 3.24. The summed E-state index contributed by atoms with van der Waals surface area (Å²) in [6.45, 7) is 4.83. The highest BCUT2D eigenvalue weighted by molar-refractivity contribution is 9.11. The zero-order chi connectivity index (χ0) is 19.2. The average Bonchev–Trinajstić information content (AvgIpc) is 3.04. The van der Waals surface area contributed by atoms with Crippen LogP contribution in [0.1, 0.15) is 24.3 Å². The van der Waals surface area contributed by atoms with E-state index in [9.17, 15) is 13.2 Å². The quantitative estimate of drug-likeness (QED) is 0.612. The maximum absolute atomic E-state index is 12.4. The normalized spacial score (nSPS) is 12.0. The van der Waals surface area contributed by atoms with E-state index in [4.69, 9.17) is 0 Å². The van der Waals surface area contributed by atoms with Gasteiger partial charge >= 0.3 is 0 Å². The van der Waals surface area contributed by atoms with Crippen molar-refractivity contribution in [3.63, 3.8) is 0 Å². The minimum atomic E-state index is -3.45. The van der Waals surface area contributed by atoms with Crippen LogP contribution in [0.4, 0.5) is 0 Å². The number of nitrogens with zero attached hydrogens (tertiary/aromatic N) is 1. The van der Waals surface area contributed by atoms with Gasteiger partial charge in [-0.15, -0.1) is 11.3 Å². The molecule has 0 atom stereocenters. The molecule has 1 heterocycles. The van der Waals surface area contributed by atoms with Gasteiger partial charge in [0.05, 0.1) is 8.68 Å². The molecule has 26 heavy (non-hydrogen) atoms. The summed E-state index contributed by atoms with van der Waals surface area (Å²) >= 11 is 4.92. The van der Waals surface area contributed by atoms with E-state index in [0.717, 1.165) is 14.2 Å². The topological polar surface area (TPSA) is 66.5 Å². The van der Waals surface area contributed by atoms with Crippen molar-refractivity contribution in [1.82, 2.24) is 9.62 Å². The fourth-order valence-corrected chi connectivity index (χ4v) is 5.10. The van der Waals surface area contributed by atoms with Gasteiger partial charge in [0.25, 0.3) is 0 Å². The molecule has 0 aliphatic heterocycles. The van der Waals surface area contributed by atoms with Crippen molar-refractivity contribution in [2.24, 2.45) is 0 Å². The Bertz CT molecular complexity index is 870. The smallest absolute Gasteiger partial charge is 0.244 e. The fourth-order valence-electron chi connectivity index (χ4n) is 2.32. The molecule has 0 radical (unpaired) electrons. The first-order valence-electron chi connectivity index (χ1n) is 8.17. The Morgan fingerprint density at radius 2 is 1.81 bits per heavy atom. The van der Waals surface area contributed by atoms with Gasteiger partial charge in [-0.05, 0) is 51.8 Å². The third-order valence-electron chi connectivity index (χ3n) is 3.73. The zero-order valence-electron chi connectivity index (χ0n) is 14.6. The monoisotopic (exact) mass is 456 g/mol. The van der Waals surface area contributed by atoms with Crippen LogP contribution in [-0.2, 0) is 21.4 Å². The van der Waals surface area contributed by atoms with Gasteiger partial charge in [-0.2, -0.15) is 4.31 Å². The number of rotatable bonds is 8. The molecule has 2 aromatic rings. The average molecular weight is 457 g/mol. The van der Waals surface area contributed by atoms with Crippen LogP contribution in [0.3, 0.4) is 0 Å². The molecule has 1 aromatic heterocycles. The van der Waals surface area contributed by atoms with Crippen molar-refractivity contribution < 1.29 is 13.2 Å². The van der Waals surface area contributed by atoms with Gasteiger partial charge in [-0.1, -0.05) is 26.0 Å². The number of nitrogens with one attached hydrogen (secondary N) is 1. The molecule has 0 spiro atoms. The summed E-state index contributed by atoms with van der Waals surface area (Å²) in [6, 6.07) is 10.4. The van der Waals surface area contributed by atoms with Crippen LogP contribution in [0.5, 0.6) is 0 Å². The highest BCUT2D eigenvalue weighted by Gasteiger charge is 2.21. The van der Waals surface area contributed by atoms with Crippen molar-refractivity contribution in [3.05, 3.63) is 56.7 Å². The zero-order valence-corrected chi connectivity index (χ0v) is 17.8. The number of halogens is 1. The van der Waals surface area contributed by atoms with Crippen LogP contribution >= 0.6 is 27.3 Å². The van der Waals surface area contributed by atoms with E-state index < -0.39 is 10.0 Å². The molecular formula is C18H21BrN2O3S2. The van der Waals surface area contributed by atoms with Crippen molar-refractivity contribution in [3.8, 4) is 0 Å². The van der Waals surface area contributed by atoms with E-state index in [-0.39, 0.29) is 10.8 Å². The second-order valence-corrected chi connectivity index (χ2v) is 9.86. The van der Waals surface area contributed by atoms with Gasteiger partial charge in [0.15, 0.2) is 0 Å². The highest BCUT2D eigenvalue weighted by atomic mass is 79.9. The van der Waals surface area contributed by atoms with E-state index in [1.165, 1.54) is 10.4 Å². The van der Waals surface area contributed by atoms with Crippen molar-refractivity contribution in [1.29, 1.82) is 0 Å². The van der Waals surface area contributed by atoms with Crippen molar-refractivity contribution in [2.45, 2.75) is 25.3 Å². The first-order chi connectivity index (χ1) is 12.4. The molecule has 0 saturated carbocycles. The molecule has 1 aromatic carbocycles. The van der Waals surface area contributed by atoms with Crippen LogP contribution in [0, 0.1) is 0 Å². The molecule has 8 heteroatoms. The van der Waals surface area contributed by atoms with E-state index in [0.29, 0.717) is 19.6 Å². The number of thiophene rings is 1. The van der Waals surface area contributed by atoms with Gasteiger partial charge in [0.2, 0.25) is 15.9 Å². The Balaban J connectivity index is 1.95. The summed E-state index contributed by atoms with van der Waals surface area (Å²) in [7, 11) is -3.45. The second kappa shape index (κ2) is 9.45. The van der Waals surface area contributed by atoms with Crippen molar-refractivity contribution in [2.75, 3.05) is 13.1 Å². The van der Waals surface area contributed by atoms with E-state index in [1.54, 1.807) is 41.7 Å².